The minimum atomic E-state index is -2.85. The molecule has 0 saturated carbocycles. The number of ether oxygens (including phenoxy) is 1. The minimum absolute atomic E-state index is 0.287. The van der Waals surface area contributed by atoms with E-state index in [1.54, 1.807) is 7.11 Å². The van der Waals surface area contributed by atoms with Crippen LogP contribution in [0.1, 0.15) is 18.4 Å². The normalized spacial score (nSPS) is 12.8. The molecule has 0 saturated heterocycles. The van der Waals surface area contributed by atoms with Crippen molar-refractivity contribution in [3.8, 4) is 5.75 Å². The topological polar surface area (TPSA) is 9.23 Å². The van der Waals surface area contributed by atoms with Gasteiger partial charge in [0, 0.05) is 5.92 Å². The van der Waals surface area contributed by atoms with Crippen molar-refractivity contribution in [1.82, 2.24) is 0 Å². The first-order chi connectivity index (χ1) is 9.03. The van der Waals surface area contributed by atoms with Gasteiger partial charge in [-0.3, -0.25) is 0 Å². The zero-order valence-corrected chi connectivity index (χ0v) is 11.2. The van der Waals surface area contributed by atoms with Crippen LogP contribution >= 0.6 is 0 Å². The molecule has 19 heavy (non-hydrogen) atoms. The fraction of sp³-hybridized carbons (Fsp3) is 0.375. The molecule has 0 aliphatic carbocycles. The second-order valence-corrected chi connectivity index (χ2v) is 4.49. The maximum Gasteiger partial charge on any atom is 0.269 e. The van der Waals surface area contributed by atoms with Crippen LogP contribution < -0.4 is 4.74 Å². The van der Waals surface area contributed by atoms with Crippen LogP contribution in [0, 0.1) is 5.92 Å². The number of halogens is 2. The predicted octanol–water partition coefficient (Wildman–Crippen LogP) is 4.64. The van der Waals surface area contributed by atoms with Crippen LogP contribution in [-0.2, 0) is 6.42 Å². The number of methoxy groups -OCH3 is 1. The minimum Gasteiger partial charge on any atom is -0.497 e. The third kappa shape index (κ3) is 4.51. The molecule has 0 aromatic heterocycles. The summed E-state index contributed by atoms with van der Waals surface area (Å²) in [5.74, 6) is -2.83. The molecule has 1 rings (SSSR count). The summed E-state index contributed by atoms with van der Waals surface area (Å²) >= 11 is 0. The SMILES string of the molecule is C=CCC(CCc1ccc(OC)cc1)C(F)(F)C=C. The highest BCUT2D eigenvalue weighted by Crippen LogP contribution is 2.32. The van der Waals surface area contributed by atoms with Gasteiger partial charge in [0.25, 0.3) is 5.92 Å². The Labute approximate surface area is 113 Å². The summed E-state index contributed by atoms with van der Waals surface area (Å²) in [4.78, 5) is 0. The van der Waals surface area contributed by atoms with Crippen molar-refractivity contribution in [1.29, 1.82) is 0 Å². The molecule has 0 heterocycles. The average molecular weight is 266 g/mol. The molecular weight excluding hydrogens is 246 g/mol. The van der Waals surface area contributed by atoms with Gasteiger partial charge in [-0.05, 0) is 43.0 Å². The number of hydrogen-bond acceptors (Lipinski definition) is 1. The van der Waals surface area contributed by atoms with Gasteiger partial charge in [-0.15, -0.1) is 6.58 Å². The highest BCUT2D eigenvalue weighted by molar-refractivity contribution is 5.27. The molecule has 0 aliphatic heterocycles. The quantitative estimate of drug-likeness (QED) is 0.623. The van der Waals surface area contributed by atoms with Gasteiger partial charge in [0.1, 0.15) is 5.75 Å². The summed E-state index contributed by atoms with van der Waals surface area (Å²) in [5, 5.41) is 0. The summed E-state index contributed by atoms with van der Waals surface area (Å²) < 4.78 is 32.3. The highest BCUT2D eigenvalue weighted by atomic mass is 19.3. The molecule has 0 bridgehead atoms. The van der Waals surface area contributed by atoms with E-state index in [1.165, 1.54) is 6.08 Å². The number of aryl methyl sites for hydroxylation is 1. The Kier molecular flexibility index (Phi) is 5.74. The van der Waals surface area contributed by atoms with Crippen molar-refractivity contribution >= 4 is 0 Å². The molecule has 1 atom stereocenters. The van der Waals surface area contributed by atoms with E-state index in [0.29, 0.717) is 12.8 Å². The van der Waals surface area contributed by atoms with E-state index < -0.39 is 11.8 Å². The van der Waals surface area contributed by atoms with Crippen LogP contribution in [0.4, 0.5) is 8.78 Å². The average Bonchev–Trinajstić information content (AvgIpc) is 2.43. The number of alkyl halides is 2. The lowest BCUT2D eigenvalue weighted by Gasteiger charge is -2.23. The second-order valence-electron chi connectivity index (χ2n) is 4.49. The van der Waals surface area contributed by atoms with Gasteiger partial charge < -0.3 is 4.74 Å². The van der Waals surface area contributed by atoms with E-state index in [-0.39, 0.29) is 6.42 Å². The summed E-state index contributed by atoms with van der Waals surface area (Å²) in [6, 6.07) is 7.47. The van der Waals surface area contributed by atoms with Gasteiger partial charge in [0.05, 0.1) is 7.11 Å². The lowest BCUT2D eigenvalue weighted by atomic mass is 9.90. The molecule has 1 aromatic carbocycles. The second kappa shape index (κ2) is 7.07. The van der Waals surface area contributed by atoms with Gasteiger partial charge in [0.2, 0.25) is 0 Å². The predicted molar refractivity (Wildman–Crippen MR) is 74.8 cm³/mol. The van der Waals surface area contributed by atoms with Crippen LogP contribution in [0.15, 0.2) is 49.6 Å². The summed E-state index contributed by atoms with van der Waals surface area (Å²) in [6.07, 6.45) is 3.56. The standard InChI is InChI=1S/C16H20F2O/c1-4-6-14(16(17,18)5-2)10-7-13-8-11-15(19-3)12-9-13/h4-5,8-9,11-12,14H,1-2,6-7,10H2,3H3. The van der Waals surface area contributed by atoms with E-state index in [2.05, 4.69) is 13.2 Å². The molecule has 0 N–H and O–H groups in total. The van der Waals surface area contributed by atoms with Crippen LogP contribution in [0.5, 0.6) is 5.75 Å². The third-order valence-corrected chi connectivity index (χ3v) is 3.21. The van der Waals surface area contributed by atoms with Gasteiger partial charge >= 0.3 is 0 Å². The number of rotatable bonds is 8. The van der Waals surface area contributed by atoms with Crippen molar-refractivity contribution in [2.45, 2.75) is 25.2 Å². The van der Waals surface area contributed by atoms with Crippen LogP contribution in [0.25, 0.3) is 0 Å². The van der Waals surface area contributed by atoms with E-state index >= 15 is 0 Å². The largest absolute Gasteiger partial charge is 0.497 e. The number of hydrogen-bond donors (Lipinski definition) is 0. The zero-order chi connectivity index (χ0) is 14.3. The van der Waals surface area contributed by atoms with E-state index in [4.69, 9.17) is 4.74 Å². The third-order valence-electron chi connectivity index (χ3n) is 3.21. The smallest absolute Gasteiger partial charge is 0.269 e. The molecule has 3 heteroatoms. The van der Waals surface area contributed by atoms with Crippen LogP contribution in [0.2, 0.25) is 0 Å². The molecule has 0 fully saturated rings. The monoisotopic (exact) mass is 266 g/mol. The van der Waals surface area contributed by atoms with Gasteiger partial charge in [0.15, 0.2) is 0 Å². The number of allylic oxidation sites excluding steroid dienone is 2. The van der Waals surface area contributed by atoms with Gasteiger partial charge in [-0.2, -0.15) is 0 Å². The first-order valence-corrected chi connectivity index (χ1v) is 6.28. The Bertz CT molecular complexity index is 409. The van der Waals surface area contributed by atoms with Gasteiger partial charge in [-0.1, -0.05) is 24.8 Å². The molecule has 0 aliphatic rings. The zero-order valence-electron chi connectivity index (χ0n) is 11.2. The van der Waals surface area contributed by atoms with Crippen LogP contribution in [-0.4, -0.2) is 13.0 Å². The molecule has 1 nitrogen and oxygen atoms in total. The van der Waals surface area contributed by atoms with Crippen molar-refractivity contribution in [2.75, 3.05) is 7.11 Å². The molecule has 1 unspecified atom stereocenters. The Morgan fingerprint density at radius 2 is 1.89 bits per heavy atom. The maximum absolute atomic E-state index is 13.6. The Morgan fingerprint density at radius 3 is 2.37 bits per heavy atom. The maximum atomic E-state index is 13.6. The summed E-state index contributed by atoms with van der Waals surface area (Å²) in [7, 11) is 1.60. The fourth-order valence-electron chi connectivity index (χ4n) is 1.97. The Morgan fingerprint density at radius 1 is 1.26 bits per heavy atom. The Hall–Kier alpha value is -1.64. The van der Waals surface area contributed by atoms with Crippen molar-refractivity contribution in [3.63, 3.8) is 0 Å². The van der Waals surface area contributed by atoms with E-state index in [0.717, 1.165) is 17.4 Å². The number of benzene rings is 1. The first-order valence-electron chi connectivity index (χ1n) is 6.28. The Balaban J connectivity index is 2.65. The molecule has 0 radical (unpaired) electrons. The molecule has 104 valence electrons. The summed E-state index contributed by atoms with van der Waals surface area (Å²) in [6.45, 7) is 6.75. The van der Waals surface area contributed by atoms with Crippen molar-refractivity contribution in [3.05, 3.63) is 55.1 Å². The first kappa shape index (κ1) is 15.4. The lowest BCUT2D eigenvalue weighted by molar-refractivity contribution is -0.0110. The van der Waals surface area contributed by atoms with Crippen molar-refractivity contribution in [2.24, 2.45) is 5.92 Å². The lowest BCUT2D eigenvalue weighted by Crippen LogP contribution is -2.25. The van der Waals surface area contributed by atoms with E-state index in [1.807, 2.05) is 24.3 Å². The fourth-order valence-corrected chi connectivity index (χ4v) is 1.97. The molecule has 1 aromatic rings. The van der Waals surface area contributed by atoms with Gasteiger partial charge in [-0.25, -0.2) is 8.78 Å². The van der Waals surface area contributed by atoms with E-state index in [9.17, 15) is 8.78 Å². The van der Waals surface area contributed by atoms with Crippen LogP contribution in [0.3, 0.4) is 0 Å². The summed E-state index contributed by atoms with van der Waals surface area (Å²) in [5.41, 5.74) is 1.02. The van der Waals surface area contributed by atoms with Crippen molar-refractivity contribution < 1.29 is 13.5 Å². The molecule has 0 amide bonds. The highest BCUT2D eigenvalue weighted by Gasteiger charge is 2.34. The molecular formula is C16H20F2O. The molecule has 0 spiro atoms.